The lowest BCUT2D eigenvalue weighted by Crippen LogP contribution is -2.15. The van der Waals surface area contributed by atoms with Crippen LogP contribution in [0, 0.1) is 0 Å². The van der Waals surface area contributed by atoms with Gasteiger partial charge in [0, 0.05) is 18.9 Å². The van der Waals surface area contributed by atoms with Gasteiger partial charge in [0.15, 0.2) is 12.1 Å². The van der Waals surface area contributed by atoms with Crippen LogP contribution in [0.3, 0.4) is 0 Å². The van der Waals surface area contributed by atoms with Crippen molar-refractivity contribution in [2.24, 2.45) is 0 Å². The van der Waals surface area contributed by atoms with Gasteiger partial charge in [0.2, 0.25) is 0 Å². The molecule has 0 aliphatic carbocycles. The fourth-order valence-corrected chi connectivity index (χ4v) is 1.19. The van der Waals surface area contributed by atoms with Crippen LogP contribution in [0.15, 0.2) is 12.4 Å². The second-order valence-corrected chi connectivity index (χ2v) is 3.25. The van der Waals surface area contributed by atoms with Crippen molar-refractivity contribution < 1.29 is 4.79 Å². The first-order valence-corrected chi connectivity index (χ1v) is 4.35. The summed E-state index contributed by atoms with van der Waals surface area (Å²) in [5.74, 6) is 0.513. The maximum Gasteiger partial charge on any atom is 0.185 e. The van der Waals surface area contributed by atoms with Gasteiger partial charge in [-0.1, -0.05) is 0 Å². The third-order valence-corrected chi connectivity index (χ3v) is 1.86. The van der Waals surface area contributed by atoms with E-state index >= 15 is 0 Å². The highest BCUT2D eigenvalue weighted by molar-refractivity contribution is 5.69. The molecule has 0 amide bonds. The summed E-state index contributed by atoms with van der Waals surface area (Å²) in [4.78, 5) is 16.5. The lowest BCUT2D eigenvalue weighted by atomic mass is 10.4. The van der Waals surface area contributed by atoms with Crippen LogP contribution < -0.4 is 0 Å². The van der Waals surface area contributed by atoms with E-state index in [0.717, 1.165) is 25.8 Å². The van der Waals surface area contributed by atoms with Crippen molar-refractivity contribution in [3.63, 3.8) is 0 Å². The fourth-order valence-electron chi connectivity index (χ4n) is 1.19. The molecular formula is C9H15N3O. The van der Waals surface area contributed by atoms with E-state index in [1.54, 1.807) is 6.20 Å². The molecule has 0 spiro atoms. The molecule has 0 atom stereocenters. The first kappa shape index (κ1) is 9.92. The molecule has 0 N–H and O–H groups in total. The number of aromatic nitrogens is 2. The number of hydrogen-bond acceptors (Lipinski definition) is 3. The molecule has 0 aliphatic heterocycles. The maximum atomic E-state index is 10.5. The van der Waals surface area contributed by atoms with Gasteiger partial charge in [0.25, 0.3) is 0 Å². The van der Waals surface area contributed by atoms with Crippen molar-refractivity contribution in [2.75, 3.05) is 20.6 Å². The van der Waals surface area contributed by atoms with Gasteiger partial charge in [-0.25, -0.2) is 4.98 Å². The number of aldehydes is 1. The molecule has 0 fully saturated rings. The molecule has 0 bridgehead atoms. The lowest BCUT2D eigenvalue weighted by molar-refractivity contribution is 0.111. The molecule has 0 saturated carbocycles. The van der Waals surface area contributed by atoms with Crippen LogP contribution >= 0.6 is 0 Å². The topological polar surface area (TPSA) is 38.1 Å². The highest BCUT2D eigenvalue weighted by atomic mass is 16.1. The highest BCUT2D eigenvalue weighted by Crippen LogP contribution is 1.96. The van der Waals surface area contributed by atoms with Gasteiger partial charge in [-0.2, -0.15) is 0 Å². The van der Waals surface area contributed by atoms with E-state index in [0.29, 0.717) is 5.82 Å². The Balaban J connectivity index is 2.40. The number of carbonyl (C=O) groups is 1. The van der Waals surface area contributed by atoms with Gasteiger partial charge in [-0.3, -0.25) is 4.79 Å². The van der Waals surface area contributed by atoms with Gasteiger partial charge in [-0.15, -0.1) is 0 Å². The number of hydrogen-bond donors (Lipinski definition) is 0. The molecule has 4 heteroatoms. The van der Waals surface area contributed by atoms with Crippen LogP contribution in [0.1, 0.15) is 17.0 Å². The number of aryl methyl sites for hydroxylation is 1. The molecule has 4 nitrogen and oxygen atoms in total. The summed E-state index contributed by atoms with van der Waals surface area (Å²) in [7, 11) is 4.07. The fraction of sp³-hybridized carbons (Fsp3) is 0.556. The predicted octanol–water partition coefficient (Wildman–Crippen LogP) is 0.647. The Morgan fingerprint density at radius 2 is 2.38 bits per heavy atom. The minimum absolute atomic E-state index is 0.513. The molecule has 1 heterocycles. The Kier molecular flexibility index (Phi) is 3.64. The van der Waals surface area contributed by atoms with E-state index in [-0.39, 0.29) is 0 Å². The predicted molar refractivity (Wildman–Crippen MR) is 50.8 cm³/mol. The molecule has 1 aromatic heterocycles. The zero-order chi connectivity index (χ0) is 9.68. The third kappa shape index (κ3) is 2.99. The first-order valence-electron chi connectivity index (χ1n) is 4.35. The molecule has 72 valence electrons. The molecule has 0 aromatic carbocycles. The second-order valence-electron chi connectivity index (χ2n) is 3.25. The Morgan fingerprint density at radius 1 is 1.62 bits per heavy atom. The largest absolute Gasteiger partial charge is 0.329 e. The molecule has 0 unspecified atom stereocenters. The number of carbonyl (C=O) groups excluding carboxylic acids is 1. The van der Waals surface area contributed by atoms with Crippen LogP contribution in [0.2, 0.25) is 0 Å². The minimum Gasteiger partial charge on any atom is -0.329 e. The molecule has 0 radical (unpaired) electrons. The lowest BCUT2D eigenvalue weighted by Gasteiger charge is -2.09. The van der Waals surface area contributed by atoms with Gasteiger partial charge in [0.1, 0.15) is 0 Å². The number of imidazole rings is 1. The minimum atomic E-state index is 0.513. The summed E-state index contributed by atoms with van der Waals surface area (Å²) in [6, 6.07) is 0. The summed E-state index contributed by atoms with van der Waals surface area (Å²) in [5.41, 5.74) is 0. The van der Waals surface area contributed by atoms with Crippen LogP contribution in [-0.2, 0) is 6.54 Å². The summed E-state index contributed by atoms with van der Waals surface area (Å²) < 4.78 is 1.87. The van der Waals surface area contributed by atoms with Gasteiger partial charge >= 0.3 is 0 Å². The summed E-state index contributed by atoms with van der Waals surface area (Å²) in [5, 5.41) is 0. The van der Waals surface area contributed by atoms with Gasteiger partial charge in [-0.05, 0) is 27.1 Å². The standard InChI is InChI=1S/C9H15N3O/c1-11(2)5-3-6-12-7-4-10-9(12)8-13/h4,7-8H,3,5-6H2,1-2H3. The monoisotopic (exact) mass is 181 g/mol. The molecule has 13 heavy (non-hydrogen) atoms. The van der Waals surface area contributed by atoms with E-state index in [2.05, 4.69) is 9.88 Å². The summed E-state index contributed by atoms with van der Waals surface area (Å²) >= 11 is 0. The van der Waals surface area contributed by atoms with Crippen LogP contribution in [0.25, 0.3) is 0 Å². The van der Waals surface area contributed by atoms with Crippen molar-refractivity contribution >= 4 is 6.29 Å². The van der Waals surface area contributed by atoms with E-state index in [1.807, 2.05) is 24.9 Å². The van der Waals surface area contributed by atoms with Crippen molar-refractivity contribution in [2.45, 2.75) is 13.0 Å². The van der Waals surface area contributed by atoms with E-state index in [4.69, 9.17) is 0 Å². The van der Waals surface area contributed by atoms with Crippen molar-refractivity contribution in [3.05, 3.63) is 18.2 Å². The molecule has 1 aromatic rings. The van der Waals surface area contributed by atoms with Crippen LogP contribution in [0.5, 0.6) is 0 Å². The molecular weight excluding hydrogens is 166 g/mol. The maximum absolute atomic E-state index is 10.5. The molecule has 0 saturated heterocycles. The Hall–Kier alpha value is -1.16. The van der Waals surface area contributed by atoms with Gasteiger partial charge < -0.3 is 9.47 Å². The Bertz CT molecular complexity index is 268. The van der Waals surface area contributed by atoms with Crippen molar-refractivity contribution in [3.8, 4) is 0 Å². The first-order chi connectivity index (χ1) is 6.24. The highest BCUT2D eigenvalue weighted by Gasteiger charge is 1.99. The zero-order valence-electron chi connectivity index (χ0n) is 8.10. The average Bonchev–Trinajstić information content (AvgIpc) is 2.51. The van der Waals surface area contributed by atoms with Crippen molar-refractivity contribution in [1.29, 1.82) is 0 Å². The average molecular weight is 181 g/mol. The van der Waals surface area contributed by atoms with E-state index < -0.39 is 0 Å². The second kappa shape index (κ2) is 4.77. The number of rotatable bonds is 5. The van der Waals surface area contributed by atoms with Crippen LogP contribution in [0.4, 0.5) is 0 Å². The van der Waals surface area contributed by atoms with E-state index in [1.165, 1.54) is 0 Å². The van der Waals surface area contributed by atoms with Gasteiger partial charge in [0.05, 0.1) is 0 Å². The Labute approximate surface area is 78.2 Å². The number of nitrogens with zero attached hydrogens (tertiary/aromatic N) is 3. The summed E-state index contributed by atoms with van der Waals surface area (Å²) in [6.45, 7) is 1.88. The quantitative estimate of drug-likeness (QED) is 0.626. The normalized spacial score (nSPS) is 10.7. The smallest absolute Gasteiger partial charge is 0.185 e. The SMILES string of the molecule is CN(C)CCCn1ccnc1C=O. The van der Waals surface area contributed by atoms with Crippen LogP contribution in [-0.4, -0.2) is 41.4 Å². The summed E-state index contributed by atoms with van der Waals surface area (Å²) in [6.07, 6.45) is 5.30. The zero-order valence-corrected chi connectivity index (χ0v) is 8.10. The molecule has 1 rings (SSSR count). The molecule has 0 aliphatic rings. The Morgan fingerprint density at radius 3 is 3.00 bits per heavy atom. The third-order valence-electron chi connectivity index (χ3n) is 1.86. The van der Waals surface area contributed by atoms with Crippen molar-refractivity contribution in [1.82, 2.24) is 14.5 Å². The van der Waals surface area contributed by atoms with E-state index in [9.17, 15) is 4.79 Å².